The largest absolute Gasteiger partial charge is 0.331 e. The van der Waals surface area contributed by atoms with Crippen LogP contribution in [0.3, 0.4) is 0 Å². The highest BCUT2D eigenvalue weighted by molar-refractivity contribution is 9.11. The molecule has 0 spiro atoms. The Hall–Kier alpha value is -1.14. The summed E-state index contributed by atoms with van der Waals surface area (Å²) in [6, 6.07) is 5.34. The predicted molar refractivity (Wildman–Crippen MR) is 68.4 cm³/mol. The molecule has 0 bridgehead atoms. The number of carbonyl (C=O) groups is 1. The third-order valence-electron chi connectivity index (χ3n) is 1.85. The van der Waals surface area contributed by atoms with E-state index in [4.69, 9.17) is 0 Å². The van der Waals surface area contributed by atoms with Gasteiger partial charge >= 0.3 is 0 Å². The second-order valence-corrected chi connectivity index (χ2v) is 4.88. The van der Waals surface area contributed by atoms with E-state index < -0.39 is 0 Å². The minimum absolute atomic E-state index is 0.211. The summed E-state index contributed by atoms with van der Waals surface area (Å²) in [6.45, 7) is 0. The fourth-order valence-corrected chi connectivity index (χ4v) is 2.49. The number of carbonyl (C=O) groups excluding carboxylic acids is 1. The van der Waals surface area contributed by atoms with Crippen LogP contribution in [0.15, 0.2) is 39.5 Å². The van der Waals surface area contributed by atoms with Crippen LogP contribution in [-0.2, 0) is 0 Å². The molecular weight excluding hydrogens is 338 g/mol. The maximum absolute atomic E-state index is 11.8. The lowest BCUT2D eigenvalue weighted by Gasteiger charge is -2.03. The molecule has 2 N–H and O–H groups in total. The Morgan fingerprint density at radius 3 is 2.50 bits per heavy atom. The van der Waals surface area contributed by atoms with Crippen molar-refractivity contribution in [2.45, 2.75) is 0 Å². The van der Waals surface area contributed by atoms with Crippen molar-refractivity contribution in [3.63, 3.8) is 0 Å². The zero-order valence-electron chi connectivity index (χ0n) is 8.00. The first-order chi connectivity index (χ1) is 7.65. The lowest BCUT2D eigenvalue weighted by atomic mass is 10.2. The fourth-order valence-electron chi connectivity index (χ4n) is 1.20. The topological polar surface area (TPSA) is 57.8 Å². The van der Waals surface area contributed by atoms with Crippen molar-refractivity contribution < 1.29 is 4.79 Å². The summed E-state index contributed by atoms with van der Waals surface area (Å²) >= 11 is 6.65. The number of amides is 1. The van der Waals surface area contributed by atoms with Gasteiger partial charge in [-0.25, -0.2) is 4.98 Å². The average Bonchev–Trinajstić information content (AvgIpc) is 2.68. The molecule has 0 atom stereocenters. The first kappa shape index (κ1) is 11.3. The van der Waals surface area contributed by atoms with Gasteiger partial charge in [0.05, 0.1) is 0 Å². The van der Waals surface area contributed by atoms with Gasteiger partial charge < -0.3 is 4.98 Å². The summed E-state index contributed by atoms with van der Waals surface area (Å²) in [5.41, 5.74) is 0.553. The summed E-state index contributed by atoms with van der Waals surface area (Å²) in [6.07, 6.45) is 3.22. The summed E-state index contributed by atoms with van der Waals surface area (Å²) in [5.74, 6) is 0.220. The van der Waals surface area contributed by atoms with Gasteiger partial charge in [-0.3, -0.25) is 10.1 Å². The molecule has 0 unspecified atom stereocenters. The molecule has 1 amide bonds. The van der Waals surface area contributed by atoms with Crippen LogP contribution in [0.5, 0.6) is 0 Å². The average molecular weight is 345 g/mol. The highest BCUT2D eigenvalue weighted by Gasteiger charge is 2.08. The van der Waals surface area contributed by atoms with Gasteiger partial charge in [-0.15, -0.1) is 0 Å². The van der Waals surface area contributed by atoms with E-state index in [0.29, 0.717) is 11.5 Å². The molecule has 0 aliphatic heterocycles. The van der Waals surface area contributed by atoms with Crippen LogP contribution < -0.4 is 5.32 Å². The van der Waals surface area contributed by atoms with Gasteiger partial charge in [-0.05, 0) is 18.2 Å². The number of halogens is 2. The number of aromatic amines is 1. The van der Waals surface area contributed by atoms with Gasteiger partial charge in [-0.2, -0.15) is 0 Å². The molecule has 0 aliphatic rings. The molecule has 0 fully saturated rings. The van der Waals surface area contributed by atoms with Crippen molar-refractivity contribution in [3.8, 4) is 0 Å². The SMILES string of the molecule is O=C(Nc1ncc[nH]1)c1cc(Br)cc(Br)c1. The Morgan fingerprint density at radius 1 is 1.25 bits per heavy atom. The van der Waals surface area contributed by atoms with Crippen LogP contribution in [0, 0.1) is 0 Å². The van der Waals surface area contributed by atoms with Gasteiger partial charge in [0.15, 0.2) is 0 Å². The molecule has 16 heavy (non-hydrogen) atoms. The zero-order valence-corrected chi connectivity index (χ0v) is 11.2. The van der Waals surface area contributed by atoms with Crippen molar-refractivity contribution in [3.05, 3.63) is 45.1 Å². The molecule has 1 aromatic heterocycles. The number of aromatic nitrogens is 2. The second-order valence-electron chi connectivity index (χ2n) is 3.05. The molecule has 1 aromatic carbocycles. The normalized spacial score (nSPS) is 10.1. The van der Waals surface area contributed by atoms with Crippen LogP contribution in [0.25, 0.3) is 0 Å². The monoisotopic (exact) mass is 343 g/mol. The molecule has 0 saturated heterocycles. The molecule has 1 heterocycles. The Balaban J connectivity index is 2.21. The predicted octanol–water partition coefficient (Wildman–Crippen LogP) is 3.19. The van der Waals surface area contributed by atoms with Crippen LogP contribution in [0.4, 0.5) is 5.95 Å². The van der Waals surface area contributed by atoms with Crippen LogP contribution in [0.2, 0.25) is 0 Å². The molecule has 2 aromatic rings. The maximum Gasteiger partial charge on any atom is 0.258 e. The molecular formula is C10H7Br2N3O. The Bertz CT molecular complexity index is 491. The number of H-pyrrole nitrogens is 1. The minimum atomic E-state index is -0.211. The lowest BCUT2D eigenvalue weighted by Crippen LogP contribution is -2.12. The number of anilines is 1. The number of imidazole rings is 1. The third kappa shape index (κ3) is 2.70. The quantitative estimate of drug-likeness (QED) is 0.879. The number of benzene rings is 1. The first-order valence-corrected chi connectivity index (χ1v) is 6.00. The van der Waals surface area contributed by atoms with E-state index >= 15 is 0 Å². The van der Waals surface area contributed by atoms with E-state index in [1.165, 1.54) is 0 Å². The molecule has 2 rings (SSSR count). The molecule has 0 saturated carbocycles. The molecule has 0 aliphatic carbocycles. The maximum atomic E-state index is 11.8. The van der Waals surface area contributed by atoms with Crippen molar-refractivity contribution in [1.29, 1.82) is 0 Å². The zero-order chi connectivity index (χ0) is 11.5. The van der Waals surface area contributed by atoms with Crippen molar-refractivity contribution in [2.75, 3.05) is 5.32 Å². The van der Waals surface area contributed by atoms with E-state index in [1.54, 1.807) is 24.5 Å². The summed E-state index contributed by atoms with van der Waals surface area (Å²) in [5, 5.41) is 2.65. The van der Waals surface area contributed by atoms with Crippen LogP contribution in [-0.4, -0.2) is 15.9 Å². The minimum Gasteiger partial charge on any atom is -0.331 e. The highest BCUT2D eigenvalue weighted by Crippen LogP contribution is 2.20. The number of nitrogens with zero attached hydrogens (tertiary/aromatic N) is 1. The van der Waals surface area contributed by atoms with E-state index in [0.717, 1.165) is 8.95 Å². The Morgan fingerprint density at radius 2 is 1.94 bits per heavy atom. The van der Waals surface area contributed by atoms with Gasteiger partial charge in [0.2, 0.25) is 5.95 Å². The van der Waals surface area contributed by atoms with Gasteiger partial charge in [-0.1, -0.05) is 31.9 Å². The summed E-state index contributed by atoms with van der Waals surface area (Å²) in [7, 11) is 0. The molecule has 82 valence electrons. The third-order valence-corrected chi connectivity index (χ3v) is 2.77. The van der Waals surface area contributed by atoms with E-state index in [2.05, 4.69) is 47.1 Å². The smallest absolute Gasteiger partial charge is 0.258 e. The summed E-state index contributed by atoms with van der Waals surface area (Å²) < 4.78 is 1.68. The van der Waals surface area contributed by atoms with Crippen molar-refractivity contribution in [1.82, 2.24) is 9.97 Å². The van der Waals surface area contributed by atoms with Crippen molar-refractivity contribution >= 4 is 43.7 Å². The second kappa shape index (κ2) is 4.80. The van der Waals surface area contributed by atoms with Crippen molar-refractivity contribution in [2.24, 2.45) is 0 Å². The number of hydrogen-bond acceptors (Lipinski definition) is 2. The van der Waals surface area contributed by atoms with Gasteiger partial charge in [0.1, 0.15) is 0 Å². The number of rotatable bonds is 2. The molecule has 6 heteroatoms. The number of hydrogen-bond donors (Lipinski definition) is 2. The highest BCUT2D eigenvalue weighted by atomic mass is 79.9. The van der Waals surface area contributed by atoms with Crippen LogP contribution in [0.1, 0.15) is 10.4 Å². The van der Waals surface area contributed by atoms with Crippen LogP contribution >= 0.6 is 31.9 Å². The van der Waals surface area contributed by atoms with Gasteiger partial charge in [0.25, 0.3) is 5.91 Å². The molecule has 4 nitrogen and oxygen atoms in total. The standard InChI is InChI=1S/C10H7Br2N3O/c11-7-3-6(4-8(12)5-7)9(16)15-10-13-1-2-14-10/h1-5H,(H2,13,14,15,16). The van der Waals surface area contributed by atoms with E-state index in [9.17, 15) is 4.79 Å². The Kier molecular flexibility index (Phi) is 3.40. The molecule has 0 radical (unpaired) electrons. The first-order valence-electron chi connectivity index (χ1n) is 4.42. The fraction of sp³-hybridized carbons (Fsp3) is 0. The van der Waals surface area contributed by atoms with Gasteiger partial charge in [0, 0.05) is 26.9 Å². The van der Waals surface area contributed by atoms with E-state index in [1.807, 2.05) is 6.07 Å². The van der Waals surface area contributed by atoms with E-state index in [-0.39, 0.29) is 5.91 Å². The Labute approximate surface area is 109 Å². The lowest BCUT2D eigenvalue weighted by molar-refractivity contribution is 0.102. The summed E-state index contributed by atoms with van der Waals surface area (Å²) in [4.78, 5) is 18.5. The number of nitrogens with one attached hydrogen (secondary N) is 2.